The number of carboxylic acid groups (broad SMARTS) is 1. The lowest BCUT2D eigenvalue weighted by molar-refractivity contribution is 0.155. The molecular weight excluding hydrogens is 392 g/mol. The minimum Gasteiger partial charge on any atom is -0.465 e. The van der Waals surface area contributed by atoms with Gasteiger partial charge in [-0.15, -0.1) is 0 Å². The maximum absolute atomic E-state index is 11.2. The Labute approximate surface area is 181 Å². The molecule has 1 fully saturated rings. The molecule has 160 valence electrons. The number of hydrogen-bond donors (Lipinski definition) is 3. The van der Waals surface area contributed by atoms with E-state index >= 15 is 0 Å². The minimum absolute atomic E-state index is 0.0298. The van der Waals surface area contributed by atoms with Crippen molar-refractivity contribution in [2.24, 2.45) is 0 Å². The third-order valence-electron chi connectivity index (χ3n) is 5.39. The van der Waals surface area contributed by atoms with Gasteiger partial charge in [0.05, 0.1) is 0 Å². The van der Waals surface area contributed by atoms with Gasteiger partial charge >= 0.3 is 6.09 Å². The van der Waals surface area contributed by atoms with Crippen molar-refractivity contribution in [3.05, 3.63) is 78.1 Å². The molecule has 1 aliphatic heterocycles. The third kappa shape index (κ3) is 5.03. The molecule has 31 heavy (non-hydrogen) atoms. The highest BCUT2D eigenvalue weighted by molar-refractivity contribution is 5.75. The zero-order chi connectivity index (χ0) is 21.6. The molecule has 0 saturated carbocycles. The Hall–Kier alpha value is -3.81. The average Bonchev–Trinajstić information content (AvgIpc) is 3.25. The van der Waals surface area contributed by atoms with Crippen LogP contribution in [0.25, 0.3) is 0 Å². The van der Waals surface area contributed by atoms with E-state index in [4.69, 9.17) is 5.73 Å². The van der Waals surface area contributed by atoms with E-state index in [1.807, 2.05) is 36.4 Å². The largest absolute Gasteiger partial charge is 0.465 e. The molecule has 2 heterocycles. The van der Waals surface area contributed by atoms with Crippen LogP contribution >= 0.6 is 0 Å². The third-order valence-corrected chi connectivity index (χ3v) is 5.39. The predicted molar refractivity (Wildman–Crippen MR) is 121 cm³/mol. The maximum atomic E-state index is 11.2. The number of likely N-dealkylation sites (tertiary alicyclic amines) is 1. The molecule has 4 rings (SSSR count). The molecule has 0 radical (unpaired) electrons. The summed E-state index contributed by atoms with van der Waals surface area (Å²) in [6.07, 6.45) is 1.31. The highest BCUT2D eigenvalue weighted by Gasteiger charge is 2.27. The number of rotatable bonds is 7. The number of nitrogens with zero attached hydrogens (tertiary/aromatic N) is 4. The number of benzene rings is 2. The zero-order valence-electron chi connectivity index (χ0n) is 17.2. The Morgan fingerprint density at radius 3 is 2.23 bits per heavy atom. The van der Waals surface area contributed by atoms with Crippen LogP contribution in [-0.2, 0) is 13.1 Å². The van der Waals surface area contributed by atoms with Crippen LogP contribution in [0.3, 0.4) is 0 Å². The Kier molecular flexibility index (Phi) is 6.16. The quantitative estimate of drug-likeness (QED) is 0.539. The van der Waals surface area contributed by atoms with E-state index in [2.05, 4.69) is 44.5 Å². The first-order valence-corrected chi connectivity index (χ1v) is 10.3. The fourth-order valence-electron chi connectivity index (χ4n) is 3.81. The van der Waals surface area contributed by atoms with Gasteiger partial charge in [-0.05, 0) is 17.5 Å². The molecular formula is C23H26N6O2. The van der Waals surface area contributed by atoms with Crippen molar-refractivity contribution in [2.45, 2.75) is 25.6 Å². The fraction of sp³-hybridized carbons (Fsp3) is 0.261. The normalized spacial score (nSPS) is 15.6. The summed E-state index contributed by atoms with van der Waals surface area (Å²) in [6, 6.07) is 20.3. The van der Waals surface area contributed by atoms with Crippen molar-refractivity contribution >= 4 is 23.4 Å². The van der Waals surface area contributed by atoms with E-state index < -0.39 is 6.09 Å². The molecule has 1 amide bonds. The molecule has 1 atom stereocenters. The Bertz CT molecular complexity index is 974. The van der Waals surface area contributed by atoms with Crippen molar-refractivity contribution < 1.29 is 9.90 Å². The topological polar surface area (TPSA) is 108 Å². The molecule has 1 aliphatic rings. The Morgan fingerprint density at radius 2 is 1.68 bits per heavy atom. The minimum atomic E-state index is -0.905. The van der Waals surface area contributed by atoms with Crippen LogP contribution in [0, 0.1) is 0 Å². The van der Waals surface area contributed by atoms with Crippen molar-refractivity contribution in [3.8, 4) is 0 Å². The van der Waals surface area contributed by atoms with Gasteiger partial charge in [0.15, 0.2) is 11.6 Å². The number of aromatic nitrogens is 2. The lowest BCUT2D eigenvalue weighted by Gasteiger charge is -2.26. The molecule has 8 heteroatoms. The summed E-state index contributed by atoms with van der Waals surface area (Å²) >= 11 is 0. The summed E-state index contributed by atoms with van der Waals surface area (Å²) < 4.78 is 0. The molecule has 1 unspecified atom stereocenters. The number of nitrogens with one attached hydrogen (secondary N) is 1. The average molecular weight is 419 g/mol. The van der Waals surface area contributed by atoms with E-state index in [-0.39, 0.29) is 6.04 Å². The monoisotopic (exact) mass is 418 g/mol. The van der Waals surface area contributed by atoms with E-state index in [9.17, 15) is 9.90 Å². The van der Waals surface area contributed by atoms with Gasteiger partial charge in [0.25, 0.3) is 0 Å². The second-order valence-corrected chi connectivity index (χ2v) is 7.65. The molecule has 2 aromatic carbocycles. The van der Waals surface area contributed by atoms with Gasteiger partial charge in [-0.25, -0.2) is 14.8 Å². The summed E-state index contributed by atoms with van der Waals surface area (Å²) in [5, 5.41) is 12.5. The van der Waals surface area contributed by atoms with E-state index in [0.29, 0.717) is 49.9 Å². The molecule has 0 spiro atoms. The zero-order valence-corrected chi connectivity index (χ0v) is 17.2. The molecule has 8 nitrogen and oxygen atoms in total. The van der Waals surface area contributed by atoms with Gasteiger partial charge in [0, 0.05) is 32.2 Å². The van der Waals surface area contributed by atoms with Crippen molar-refractivity contribution in [1.82, 2.24) is 14.9 Å². The first-order valence-electron chi connectivity index (χ1n) is 10.3. The summed E-state index contributed by atoms with van der Waals surface area (Å²) in [6.45, 7) is 2.20. The summed E-state index contributed by atoms with van der Waals surface area (Å²) in [7, 11) is 0. The van der Waals surface area contributed by atoms with Gasteiger partial charge < -0.3 is 26.0 Å². The highest BCUT2D eigenvalue weighted by Crippen LogP contribution is 2.30. The standard InChI is InChI=1S/C23H26N6O2/c24-20-21(27-19-11-12-28(15-19)23(30)31)25-16-26-22(20)29(13-17-7-3-1-4-8-17)14-18-9-5-2-6-10-18/h1-10,16,19H,11-15,24H2,(H,30,31)(H,25,26,27). The van der Waals surface area contributed by atoms with E-state index in [1.165, 1.54) is 11.2 Å². The van der Waals surface area contributed by atoms with Gasteiger partial charge in [0.1, 0.15) is 12.0 Å². The van der Waals surface area contributed by atoms with Crippen LogP contribution in [0.4, 0.5) is 22.1 Å². The van der Waals surface area contributed by atoms with Crippen molar-refractivity contribution in [1.29, 1.82) is 0 Å². The maximum Gasteiger partial charge on any atom is 0.407 e. The number of amides is 1. The number of anilines is 3. The number of hydrogen-bond acceptors (Lipinski definition) is 6. The van der Waals surface area contributed by atoms with Crippen LogP contribution in [0.15, 0.2) is 67.0 Å². The summed E-state index contributed by atoms with van der Waals surface area (Å²) in [5.74, 6) is 1.19. The predicted octanol–water partition coefficient (Wildman–Crippen LogP) is 3.43. The van der Waals surface area contributed by atoms with Crippen LogP contribution in [0.1, 0.15) is 17.5 Å². The first-order chi connectivity index (χ1) is 15.1. The van der Waals surface area contributed by atoms with Crippen LogP contribution in [0.2, 0.25) is 0 Å². The first kappa shape index (κ1) is 20.5. The lowest BCUT2D eigenvalue weighted by Crippen LogP contribution is -2.31. The fourth-order valence-corrected chi connectivity index (χ4v) is 3.81. The molecule has 4 N–H and O–H groups in total. The van der Waals surface area contributed by atoms with Gasteiger partial charge in [0.2, 0.25) is 0 Å². The Balaban J connectivity index is 1.58. The summed E-state index contributed by atoms with van der Waals surface area (Å²) in [5.41, 5.74) is 9.27. The second kappa shape index (κ2) is 9.34. The molecule has 1 saturated heterocycles. The van der Waals surface area contributed by atoms with Gasteiger partial charge in [-0.1, -0.05) is 60.7 Å². The Morgan fingerprint density at radius 1 is 1.06 bits per heavy atom. The second-order valence-electron chi connectivity index (χ2n) is 7.65. The highest BCUT2D eigenvalue weighted by atomic mass is 16.4. The van der Waals surface area contributed by atoms with Crippen LogP contribution < -0.4 is 16.0 Å². The SMILES string of the molecule is Nc1c(NC2CCN(C(=O)O)C2)ncnc1N(Cc1ccccc1)Cc1ccccc1. The van der Waals surface area contributed by atoms with Gasteiger partial charge in [-0.2, -0.15) is 0 Å². The number of nitrogens with two attached hydrogens (primary N) is 1. The molecule has 3 aromatic rings. The van der Waals surface area contributed by atoms with Crippen LogP contribution in [0.5, 0.6) is 0 Å². The van der Waals surface area contributed by atoms with E-state index in [1.54, 1.807) is 0 Å². The lowest BCUT2D eigenvalue weighted by atomic mass is 10.1. The van der Waals surface area contributed by atoms with Crippen LogP contribution in [-0.4, -0.2) is 45.2 Å². The van der Waals surface area contributed by atoms with Gasteiger partial charge in [-0.3, -0.25) is 0 Å². The smallest absolute Gasteiger partial charge is 0.407 e. The van der Waals surface area contributed by atoms with Crippen molar-refractivity contribution in [2.75, 3.05) is 29.0 Å². The van der Waals surface area contributed by atoms with E-state index in [0.717, 1.165) is 11.1 Å². The summed E-state index contributed by atoms with van der Waals surface area (Å²) in [4.78, 5) is 23.5. The molecule has 0 aliphatic carbocycles. The number of carbonyl (C=O) groups is 1. The molecule has 1 aromatic heterocycles. The number of nitrogen functional groups attached to an aromatic ring is 1. The molecule has 0 bridgehead atoms. The van der Waals surface area contributed by atoms with Crippen molar-refractivity contribution in [3.63, 3.8) is 0 Å².